The maximum absolute atomic E-state index is 5.81. The standard InChI is InChI=1S/C14H12N4S/c15-9-11-12(10-5-2-1-3-6-10)18-14(19-11)13-16-7-4-8-17-13/h1-8H,9,15H2. The van der Waals surface area contributed by atoms with E-state index in [0.717, 1.165) is 21.1 Å². The van der Waals surface area contributed by atoms with Gasteiger partial charge in [-0.05, 0) is 6.07 Å². The minimum absolute atomic E-state index is 0.467. The molecule has 1 aromatic carbocycles. The molecule has 3 aromatic rings. The number of hydrogen-bond donors (Lipinski definition) is 1. The van der Waals surface area contributed by atoms with Crippen molar-refractivity contribution in [3.8, 4) is 22.1 Å². The van der Waals surface area contributed by atoms with E-state index >= 15 is 0 Å². The summed E-state index contributed by atoms with van der Waals surface area (Å²) >= 11 is 1.55. The highest BCUT2D eigenvalue weighted by atomic mass is 32.1. The maximum Gasteiger partial charge on any atom is 0.188 e. The van der Waals surface area contributed by atoms with Crippen LogP contribution in [0.3, 0.4) is 0 Å². The van der Waals surface area contributed by atoms with Gasteiger partial charge in [0.25, 0.3) is 0 Å². The molecule has 0 spiro atoms. The average Bonchev–Trinajstić information content (AvgIpc) is 2.93. The minimum Gasteiger partial charge on any atom is -0.326 e. The van der Waals surface area contributed by atoms with Crippen LogP contribution in [0.4, 0.5) is 0 Å². The zero-order chi connectivity index (χ0) is 13.1. The highest BCUT2D eigenvalue weighted by Gasteiger charge is 2.14. The van der Waals surface area contributed by atoms with Crippen LogP contribution < -0.4 is 5.73 Å². The van der Waals surface area contributed by atoms with Crippen molar-refractivity contribution in [2.24, 2.45) is 5.73 Å². The van der Waals surface area contributed by atoms with Gasteiger partial charge >= 0.3 is 0 Å². The van der Waals surface area contributed by atoms with E-state index in [1.807, 2.05) is 30.3 Å². The molecule has 19 heavy (non-hydrogen) atoms. The number of thiazole rings is 1. The lowest BCUT2D eigenvalue weighted by molar-refractivity contribution is 1.10. The maximum atomic E-state index is 5.81. The molecule has 0 aliphatic heterocycles. The number of hydrogen-bond acceptors (Lipinski definition) is 5. The Morgan fingerprint density at radius 3 is 2.42 bits per heavy atom. The number of nitrogens with two attached hydrogens (primary N) is 1. The molecule has 2 aromatic heterocycles. The van der Waals surface area contributed by atoms with Gasteiger partial charge in [0, 0.05) is 29.4 Å². The third-order valence-electron chi connectivity index (χ3n) is 2.69. The van der Waals surface area contributed by atoms with Crippen LogP contribution in [-0.2, 0) is 6.54 Å². The van der Waals surface area contributed by atoms with Crippen LogP contribution in [0.5, 0.6) is 0 Å². The van der Waals surface area contributed by atoms with E-state index in [4.69, 9.17) is 5.73 Å². The van der Waals surface area contributed by atoms with Crippen molar-refractivity contribution < 1.29 is 0 Å². The summed E-state index contributed by atoms with van der Waals surface area (Å²) in [6.07, 6.45) is 3.43. The predicted octanol–water partition coefficient (Wildman–Crippen LogP) is 2.73. The van der Waals surface area contributed by atoms with Gasteiger partial charge in [0.15, 0.2) is 10.8 Å². The molecule has 0 fully saturated rings. The second kappa shape index (κ2) is 5.26. The van der Waals surface area contributed by atoms with Crippen LogP contribution in [0.2, 0.25) is 0 Å². The summed E-state index contributed by atoms with van der Waals surface area (Å²) in [6.45, 7) is 0.467. The van der Waals surface area contributed by atoms with Crippen molar-refractivity contribution in [3.63, 3.8) is 0 Å². The third kappa shape index (κ3) is 2.38. The summed E-state index contributed by atoms with van der Waals surface area (Å²) in [6, 6.07) is 11.8. The van der Waals surface area contributed by atoms with Gasteiger partial charge in [-0.25, -0.2) is 15.0 Å². The monoisotopic (exact) mass is 268 g/mol. The van der Waals surface area contributed by atoms with Crippen molar-refractivity contribution in [2.75, 3.05) is 0 Å². The van der Waals surface area contributed by atoms with Gasteiger partial charge in [0.2, 0.25) is 0 Å². The largest absolute Gasteiger partial charge is 0.326 e. The fourth-order valence-electron chi connectivity index (χ4n) is 1.82. The summed E-state index contributed by atoms with van der Waals surface area (Å²) < 4.78 is 0. The molecule has 0 aliphatic carbocycles. The normalized spacial score (nSPS) is 10.6. The molecular weight excluding hydrogens is 256 g/mol. The molecule has 0 bridgehead atoms. The van der Waals surface area contributed by atoms with Crippen molar-refractivity contribution >= 4 is 11.3 Å². The quantitative estimate of drug-likeness (QED) is 0.793. The molecule has 4 nitrogen and oxygen atoms in total. The van der Waals surface area contributed by atoms with E-state index < -0.39 is 0 Å². The summed E-state index contributed by atoms with van der Waals surface area (Å²) in [4.78, 5) is 14.1. The van der Waals surface area contributed by atoms with Gasteiger partial charge < -0.3 is 5.73 Å². The topological polar surface area (TPSA) is 64.7 Å². The summed E-state index contributed by atoms with van der Waals surface area (Å²) in [5.74, 6) is 0.643. The van der Waals surface area contributed by atoms with Gasteiger partial charge in [0.05, 0.1) is 5.69 Å². The zero-order valence-electron chi connectivity index (χ0n) is 10.2. The lowest BCUT2D eigenvalue weighted by Crippen LogP contribution is -1.95. The van der Waals surface area contributed by atoms with Crippen molar-refractivity contribution in [1.82, 2.24) is 15.0 Å². The molecule has 0 atom stereocenters. The van der Waals surface area contributed by atoms with Crippen molar-refractivity contribution in [1.29, 1.82) is 0 Å². The molecule has 0 aliphatic rings. The molecule has 2 heterocycles. The van der Waals surface area contributed by atoms with Crippen LogP contribution in [0.25, 0.3) is 22.1 Å². The lowest BCUT2D eigenvalue weighted by atomic mass is 10.1. The molecule has 0 amide bonds. The first kappa shape index (κ1) is 12.0. The van der Waals surface area contributed by atoms with E-state index in [-0.39, 0.29) is 0 Å². The first-order valence-electron chi connectivity index (χ1n) is 5.91. The van der Waals surface area contributed by atoms with E-state index in [1.54, 1.807) is 29.8 Å². The summed E-state index contributed by atoms with van der Waals surface area (Å²) in [5, 5.41) is 0.805. The van der Waals surface area contributed by atoms with E-state index in [2.05, 4.69) is 15.0 Å². The molecule has 5 heteroatoms. The Balaban J connectivity index is 2.09. The van der Waals surface area contributed by atoms with E-state index in [9.17, 15) is 0 Å². The molecule has 0 saturated carbocycles. The first-order valence-corrected chi connectivity index (χ1v) is 6.72. The number of nitrogens with zero attached hydrogens (tertiary/aromatic N) is 3. The second-order valence-electron chi connectivity index (χ2n) is 3.93. The highest BCUT2D eigenvalue weighted by Crippen LogP contribution is 2.31. The predicted molar refractivity (Wildman–Crippen MR) is 76.5 cm³/mol. The van der Waals surface area contributed by atoms with Crippen LogP contribution in [-0.4, -0.2) is 15.0 Å². The Morgan fingerprint density at radius 2 is 1.74 bits per heavy atom. The van der Waals surface area contributed by atoms with Crippen LogP contribution in [0.15, 0.2) is 48.8 Å². The Kier molecular flexibility index (Phi) is 3.31. The summed E-state index contributed by atoms with van der Waals surface area (Å²) in [7, 11) is 0. The van der Waals surface area contributed by atoms with Gasteiger partial charge in [-0.1, -0.05) is 30.3 Å². The molecule has 0 radical (unpaired) electrons. The SMILES string of the molecule is NCc1sc(-c2ncccn2)nc1-c1ccccc1. The van der Waals surface area contributed by atoms with E-state index in [1.165, 1.54) is 0 Å². The third-order valence-corrected chi connectivity index (χ3v) is 3.76. The Hall–Kier alpha value is -2.11. The first-order chi connectivity index (χ1) is 9.38. The van der Waals surface area contributed by atoms with Gasteiger partial charge in [-0.2, -0.15) is 0 Å². The average molecular weight is 268 g/mol. The van der Waals surface area contributed by atoms with Crippen LogP contribution in [0, 0.1) is 0 Å². The molecule has 0 unspecified atom stereocenters. The lowest BCUT2D eigenvalue weighted by Gasteiger charge is -1.98. The molecule has 3 rings (SSSR count). The van der Waals surface area contributed by atoms with Crippen molar-refractivity contribution in [2.45, 2.75) is 6.54 Å². The van der Waals surface area contributed by atoms with Gasteiger partial charge in [0.1, 0.15) is 0 Å². The number of aromatic nitrogens is 3. The number of rotatable bonds is 3. The second-order valence-corrected chi connectivity index (χ2v) is 5.02. The highest BCUT2D eigenvalue weighted by molar-refractivity contribution is 7.15. The Labute approximate surface area is 115 Å². The minimum atomic E-state index is 0.467. The van der Waals surface area contributed by atoms with Crippen LogP contribution in [0.1, 0.15) is 4.88 Å². The fourth-order valence-corrected chi connectivity index (χ4v) is 2.73. The number of benzene rings is 1. The van der Waals surface area contributed by atoms with Crippen LogP contribution >= 0.6 is 11.3 Å². The molecule has 94 valence electrons. The fraction of sp³-hybridized carbons (Fsp3) is 0.0714. The van der Waals surface area contributed by atoms with Gasteiger partial charge in [-0.3, -0.25) is 0 Å². The van der Waals surface area contributed by atoms with Crippen molar-refractivity contribution in [3.05, 3.63) is 53.7 Å². The smallest absolute Gasteiger partial charge is 0.188 e. The molecule has 0 saturated heterocycles. The Morgan fingerprint density at radius 1 is 1.00 bits per heavy atom. The zero-order valence-corrected chi connectivity index (χ0v) is 11.0. The molecule has 2 N–H and O–H groups in total. The summed E-state index contributed by atoms with van der Waals surface area (Å²) in [5.41, 5.74) is 7.81. The molecular formula is C14H12N4S. The van der Waals surface area contributed by atoms with Gasteiger partial charge in [-0.15, -0.1) is 11.3 Å². The van der Waals surface area contributed by atoms with E-state index in [0.29, 0.717) is 12.4 Å². The Bertz CT molecular complexity index is 664.